The number of carbonyl (C=O) groups is 1. The van der Waals surface area contributed by atoms with E-state index in [1.807, 2.05) is 18.2 Å². The average Bonchev–Trinajstić information content (AvgIpc) is 3.49. The Morgan fingerprint density at radius 1 is 0.947 bits per heavy atom. The first-order valence-corrected chi connectivity index (χ1v) is 14.7. The molecule has 6 heteroatoms. The Labute approximate surface area is 232 Å². The Balaban J connectivity index is 1.34. The van der Waals surface area contributed by atoms with Crippen LogP contribution in [-0.4, -0.2) is 22.3 Å². The van der Waals surface area contributed by atoms with Gasteiger partial charge in [-0.05, 0) is 52.8 Å². The highest BCUT2D eigenvalue weighted by Crippen LogP contribution is 2.46. The van der Waals surface area contributed by atoms with Crippen LogP contribution in [-0.2, 0) is 24.9 Å². The summed E-state index contributed by atoms with van der Waals surface area (Å²) in [5, 5.41) is 5.17. The Morgan fingerprint density at radius 2 is 1.68 bits per heavy atom. The van der Waals surface area contributed by atoms with Crippen LogP contribution in [0.4, 0.5) is 5.00 Å². The first kappa shape index (κ1) is 25.0. The van der Waals surface area contributed by atoms with Crippen molar-refractivity contribution in [3.8, 4) is 10.6 Å². The molecular formula is C32H31N3OS2. The quantitative estimate of drug-likeness (QED) is 0.246. The van der Waals surface area contributed by atoms with E-state index in [2.05, 4.69) is 91.7 Å². The summed E-state index contributed by atoms with van der Waals surface area (Å²) in [5.41, 5.74) is 6.70. The van der Waals surface area contributed by atoms with Crippen molar-refractivity contribution < 1.29 is 4.79 Å². The summed E-state index contributed by atoms with van der Waals surface area (Å²) in [7, 11) is 0. The largest absolute Gasteiger partial charge is 0.313 e. The van der Waals surface area contributed by atoms with E-state index in [0.29, 0.717) is 5.56 Å². The van der Waals surface area contributed by atoms with Crippen LogP contribution in [0.3, 0.4) is 0 Å². The molecule has 0 fully saturated rings. The van der Waals surface area contributed by atoms with Crippen LogP contribution in [0.15, 0.2) is 78.9 Å². The molecule has 1 amide bonds. The molecule has 0 unspecified atom stereocenters. The lowest BCUT2D eigenvalue weighted by Crippen LogP contribution is -2.29. The number of hydrogen-bond donors (Lipinski definition) is 1. The van der Waals surface area contributed by atoms with Gasteiger partial charge in [-0.2, -0.15) is 0 Å². The summed E-state index contributed by atoms with van der Waals surface area (Å²) < 4.78 is 1.17. The Kier molecular flexibility index (Phi) is 6.64. The Morgan fingerprint density at radius 3 is 2.42 bits per heavy atom. The van der Waals surface area contributed by atoms with E-state index >= 15 is 0 Å². The van der Waals surface area contributed by atoms with Gasteiger partial charge in [-0.1, -0.05) is 75.4 Å². The first-order chi connectivity index (χ1) is 18.3. The third-order valence-corrected chi connectivity index (χ3v) is 9.32. The van der Waals surface area contributed by atoms with Crippen molar-refractivity contribution in [2.24, 2.45) is 0 Å². The topological polar surface area (TPSA) is 45.2 Å². The van der Waals surface area contributed by atoms with Gasteiger partial charge in [0.25, 0.3) is 5.91 Å². The molecule has 0 bridgehead atoms. The van der Waals surface area contributed by atoms with E-state index in [0.717, 1.165) is 47.1 Å². The fraction of sp³-hybridized carbons (Fsp3) is 0.250. The van der Waals surface area contributed by atoms with Crippen molar-refractivity contribution in [1.29, 1.82) is 0 Å². The summed E-state index contributed by atoms with van der Waals surface area (Å²) in [6.07, 6.45) is 0.945. The highest BCUT2D eigenvalue weighted by Gasteiger charge is 2.28. The number of hydrogen-bond acceptors (Lipinski definition) is 5. The molecule has 0 radical (unpaired) electrons. The lowest BCUT2D eigenvalue weighted by molar-refractivity contribution is 0.102. The van der Waals surface area contributed by atoms with Gasteiger partial charge in [-0.3, -0.25) is 9.69 Å². The van der Waals surface area contributed by atoms with Gasteiger partial charge >= 0.3 is 0 Å². The van der Waals surface area contributed by atoms with Crippen molar-refractivity contribution in [1.82, 2.24) is 9.88 Å². The highest BCUT2D eigenvalue weighted by molar-refractivity contribution is 7.23. The van der Waals surface area contributed by atoms with Gasteiger partial charge in [0.1, 0.15) is 10.0 Å². The molecule has 3 aromatic carbocycles. The molecule has 0 saturated carbocycles. The number of fused-ring (bicyclic) bond motifs is 2. The molecule has 192 valence electrons. The molecule has 1 aliphatic heterocycles. The van der Waals surface area contributed by atoms with E-state index in [1.165, 1.54) is 26.3 Å². The minimum absolute atomic E-state index is 0.0491. The number of rotatable bonds is 5. The zero-order valence-corrected chi connectivity index (χ0v) is 23.6. The molecule has 2 aromatic heterocycles. The number of thiazole rings is 1. The molecular weight excluding hydrogens is 507 g/mol. The summed E-state index contributed by atoms with van der Waals surface area (Å²) in [6.45, 7) is 9.34. The van der Waals surface area contributed by atoms with Crippen molar-refractivity contribution in [2.45, 2.75) is 45.7 Å². The molecule has 0 aliphatic carbocycles. The van der Waals surface area contributed by atoms with Crippen LogP contribution in [0.5, 0.6) is 0 Å². The highest BCUT2D eigenvalue weighted by atomic mass is 32.1. The standard InChI is InChI=1S/C32H31N3OS2/c1-32(2,3)23-15-13-22(14-16-23)29(36)34-31-28(30-33-25-11-7-8-12-26(25)37-30)24-17-18-35(20-27(24)38-31)19-21-9-5-4-6-10-21/h4-16H,17-20H2,1-3H3,(H,34,36). The van der Waals surface area contributed by atoms with E-state index in [4.69, 9.17) is 4.98 Å². The first-order valence-electron chi connectivity index (χ1n) is 13.0. The number of anilines is 1. The van der Waals surface area contributed by atoms with E-state index in [-0.39, 0.29) is 11.3 Å². The van der Waals surface area contributed by atoms with Crippen LogP contribution in [0.25, 0.3) is 20.8 Å². The molecule has 3 heterocycles. The maximum absolute atomic E-state index is 13.4. The molecule has 0 spiro atoms. The third-order valence-electron chi connectivity index (χ3n) is 7.13. The lowest BCUT2D eigenvalue weighted by atomic mass is 9.87. The van der Waals surface area contributed by atoms with Crippen molar-refractivity contribution >= 4 is 43.8 Å². The third kappa shape index (κ3) is 5.04. The number of thiophene rings is 1. The number of nitrogens with zero attached hydrogens (tertiary/aromatic N) is 2. The number of amides is 1. The number of aromatic nitrogens is 1. The molecule has 1 N–H and O–H groups in total. The number of para-hydroxylation sites is 1. The van der Waals surface area contributed by atoms with Crippen LogP contribution in [0.2, 0.25) is 0 Å². The van der Waals surface area contributed by atoms with Gasteiger partial charge in [0.2, 0.25) is 0 Å². The van der Waals surface area contributed by atoms with Crippen LogP contribution >= 0.6 is 22.7 Å². The second kappa shape index (κ2) is 10.1. The van der Waals surface area contributed by atoms with Gasteiger partial charge < -0.3 is 5.32 Å². The molecule has 38 heavy (non-hydrogen) atoms. The fourth-order valence-corrected chi connectivity index (χ4v) is 7.42. The van der Waals surface area contributed by atoms with Gasteiger partial charge in [0, 0.05) is 35.6 Å². The monoisotopic (exact) mass is 537 g/mol. The van der Waals surface area contributed by atoms with Crippen LogP contribution in [0, 0.1) is 0 Å². The minimum Gasteiger partial charge on any atom is -0.313 e. The van der Waals surface area contributed by atoms with Gasteiger partial charge in [0.15, 0.2) is 0 Å². The maximum Gasteiger partial charge on any atom is 0.256 e. The van der Waals surface area contributed by atoms with Crippen molar-refractivity contribution in [2.75, 3.05) is 11.9 Å². The van der Waals surface area contributed by atoms with Crippen LogP contribution < -0.4 is 5.32 Å². The fourth-order valence-electron chi connectivity index (χ4n) is 5.02. The summed E-state index contributed by atoms with van der Waals surface area (Å²) in [4.78, 5) is 22.2. The van der Waals surface area contributed by atoms with Gasteiger partial charge in [0.05, 0.1) is 10.2 Å². The van der Waals surface area contributed by atoms with E-state index in [1.54, 1.807) is 22.7 Å². The summed E-state index contributed by atoms with van der Waals surface area (Å²) in [6, 6.07) is 26.9. The summed E-state index contributed by atoms with van der Waals surface area (Å²) in [5.74, 6) is -0.0763. The van der Waals surface area contributed by atoms with Crippen molar-refractivity contribution in [3.05, 3.63) is 106 Å². The molecule has 5 aromatic rings. The number of nitrogens with one attached hydrogen (secondary N) is 1. The molecule has 0 saturated heterocycles. The Hall–Kier alpha value is -3.32. The van der Waals surface area contributed by atoms with E-state index in [9.17, 15) is 4.79 Å². The van der Waals surface area contributed by atoms with Gasteiger partial charge in [-0.25, -0.2) is 4.98 Å². The SMILES string of the molecule is CC(C)(C)c1ccc(C(=O)Nc2sc3c(c2-c2nc4ccccc4s2)CCN(Cc2ccccc2)C3)cc1. The smallest absolute Gasteiger partial charge is 0.256 e. The Bertz CT molecular complexity index is 1560. The predicted octanol–water partition coefficient (Wildman–Crippen LogP) is 8.13. The van der Waals surface area contributed by atoms with Gasteiger partial charge in [-0.15, -0.1) is 22.7 Å². The number of carbonyl (C=O) groups excluding carboxylic acids is 1. The normalized spacial score (nSPS) is 14.0. The molecule has 4 nitrogen and oxygen atoms in total. The zero-order valence-electron chi connectivity index (χ0n) is 22.0. The van der Waals surface area contributed by atoms with E-state index < -0.39 is 0 Å². The molecule has 1 aliphatic rings. The lowest BCUT2D eigenvalue weighted by Gasteiger charge is -2.27. The van der Waals surface area contributed by atoms with Crippen LogP contribution in [0.1, 0.15) is 52.7 Å². The molecule has 6 rings (SSSR count). The maximum atomic E-state index is 13.4. The molecule has 0 atom stereocenters. The predicted molar refractivity (Wildman–Crippen MR) is 160 cm³/mol. The second-order valence-corrected chi connectivity index (χ2v) is 13.1. The number of benzene rings is 3. The zero-order chi connectivity index (χ0) is 26.3. The second-order valence-electron chi connectivity index (χ2n) is 10.9. The summed E-state index contributed by atoms with van der Waals surface area (Å²) >= 11 is 3.41. The van der Waals surface area contributed by atoms with Crippen molar-refractivity contribution in [3.63, 3.8) is 0 Å². The average molecular weight is 538 g/mol. The minimum atomic E-state index is -0.0763.